The van der Waals surface area contributed by atoms with E-state index in [9.17, 15) is 9.59 Å². The van der Waals surface area contributed by atoms with E-state index in [0.717, 1.165) is 11.1 Å². The number of hydrogen-bond acceptors (Lipinski definition) is 5. The lowest BCUT2D eigenvalue weighted by molar-refractivity contribution is -0.156. The van der Waals surface area contributed by atoms with Crippen LogP contribution in [0.15, 0.2) is 43.5 Å². The maximum absolute atomic E-state index is 12.8. The zero-order valence-corrected chi connectivity index (χ0v) is 17.7. The van der Waals surface area contributed by atoms with Crippen molar-refractivity contribution >= 4 is 24.3 Å². The number of hydrogen-bond donors (Lipinski definition) is 0. The number of benzene rings is 1. The summed E-state index contributed by atoms with van der Waals surface area (Å²) in [5, 5.41) is 0. The second kappa shape index (κ2) is 10.4. The minimum atomic E-state index is -0.750. The number of carbonyl (C=O) groups is 2. The molecule has 0 amide bonds. The Bertz CT molecular complexity index is 721. The summed E-state index contributed by atoms with van der Waals surface area (Å²) >= 11 is 0. The quantitative estimate of drug-likeness (QED) is 0.373. The molecule has 1 atom stereocenters. The van der Waals surface area contributed by atoms with Crippen molar-refractivity contribution in [1.29, 1.82) is 0 Å². The van der Waals surface area contributed by atoms with Crippen molar-refractivity contribution in [3.63, 3.8) is 0 Å². The number of esters is 2. The molecule has 1 aromatic rings. The van der Waals surface area contributed by atoms with Crippen LogP contribution in [0.25, 0.3) is 0 Å². The Morgan fingerprint density at radius 3 is 2.39 bits per heavy atom. The van der Waals surface area contributed by atoms with Crippen LogP contribution in [0.2, 0.25) is 0 Å². The van der Waals surface area contributed by atoms with Crippen LogP contribution in [0, 0.1) is 5.92 Å². The van der Waals surface area contributed by atoms with Crippen LogP contribution in [-0.4, -0.2) is 42.6 Å². The molecule has 0 saturated heterocycles. The molecule has 1 aliphatic rings. The zero-order valence-electron chi connectivity index (χ0n) is 16.9. The lowest BCUT2D eigenvalue weighted by atomic mass is 9.76. The van der Waals surface area contributed by atoms with E-state index < -0.39 is 5.54 Å². The molecule has 0 heterocycles. The van der Waals surface area contributed by atoms with E-state index in [1.165, 1.54) is 7.11 Å². The second-order valence-electron chi connectivity index (χ2n) is 7.19. The average Bonchev–Trinajstić information content (AvgIpc) is 2.66. The van der Waals surface area contributed by atoms with E-state index in [1.807, 2.05) is 12.1 Å². The van der Waals surface area contributed by atoms with E-state index in [1.54, 1.807) is 32.1 Å². The van der Waals surface area contributed by atoms with Crippen molar-refractivity contribution < 1.29 is 19.1 Å². The summed E-state index contributed by atoms with van der Waals surface area (Å²) in [7, 11) is 1.42. The standard InChI is InChI=1S/C22H29NO4.ClH/c1-6-12-23(13-7-2)22(21(25)26-5)11-10-17-14-19(9-8-18(17)15-22)27-20(24)16(3)4;/h6-9,14,16H,1-2,10-13,15H2,3-5H3;1H. The van der Waals surface area contributed by atoms with Gasteiger partial charge in [-0.15, -0.1) is 25.6 Å². The number of nitrogens with zero attached hydrogens (tertiary/aromatic N) is 1. The minimum absolute atomic E-state index is 0. The van der Waals surface area contributed by atoms with Gasteiger partial charge in [-0.25, -0.2) is 0 Å². The fourth-order valence-corrected chi connectivity index (χ4v) is 3.55. The summed E-state index contributed by atoms with van der Waals surface area (Å²) in [5.41, 5.74) is 1.41. The molecule has 0 bridgehead atoms. The van der Waals surface area contributed by atoms with Crippen molar-refractivity contribution in [2.45, 2.75) is 38.6 Å². The summed E-state index contributed by atoms with van der Waals surface area (Å²) in [6.07, 6.45) is 5.43. The molecule has 1 aromatic carbocycles. The molecule has 6 heteroatoms. The molecule has 0 fully saturated rings. The van der Waals surface area contributed by atoms with Crippen LogP contribution in [0.5, 0.6) is 5.75 Å². The smallest absolute Gasteiger partial charge is 0.326 e. The molecule has 0 N–H and O–H groups in total. The van der Waals surface area contributed by atoms with E-state index in [0.29, 0.717) is 38.1 Å². The number of carbonyl (C=O) groups excluding carboxylic acids is 2. The lowest BCUT2D eigenvalue weighted by Crippen LogP contribution is -2.58. The molecule has 0 aliphatic heterocycles. The molecule has 1 aliphatic carbocycles. The fraction of sp³-hybridized carbons (Fsp3) is 0.455. The first-order chi connectivity index (χ1) is 12.9. The van der Waals surface area contributed by atoms with E-state index >= 15 is 0 Å². The first-order valence-corrected chi connectivity index (χ1v) is 9.26. The first-order valence-electron chi connectivity index (χ1n) is 9.26. The Balaban J connectivity index is 0.00000392. The summed E-state index contributed by atoms with van der Waals surface area (Å²) in [5.74, 6) is -0.128. The van der Waals surface area contributed by atoms with Gasteiger partial charge in [-0.1, -0.05) is 32.1 Å². The monoisotopic (exact) mass is 407 g/mol. The Hall–Kier alpha value is -2.11. The fourth-order valence-electron chi connectivity index (χ4n) is 3.55. The molecule has 0 saturated carbocycles. The van der Waals surface area contributed by atoms with Gasteiger partial charge >= 0.3 is 11.9 Å². The summed E-state index contributed by atoms with van der Waals surface area (Å²) in [6, 6.07) is 5.63. The van der Waals surface area contributed by atoms with Crippen molar-refractivity contribution in [3.8, 4) is 5.75 Å². The van der Waals surface area contributed by atoms with Gasteiger partial charge in [-0.2, -0.15) is 0 Å². The van der Waals surface area contributed by atoms with Crippen LogP contribution in [0.4, 0.5) is 0 Å². The highest BCUT2D eigenvalue weighted by atomic mass is 35.5. The Kier molecular flexibility index (Phi) is 8.92. The van der Waals surface area contributed by atoms with Crippen LogP contribution in [-0.2, 0) is 27.2 Å². The Labute approximate surface area is 173 Å². The van der Waals surface area contributed by atoms with E-state index in [2.05, 4.69) is 18.1 Å². The maximum atomic E-state index is 12.8. The number of methoxy groups -OCH3 is 1. The summed E-state index contributed by atoms with van der Waals surface area (Å²) in [6.45, 7) is 12.4. The van der Waals surface area contributed by atoms with Gasteiger partial charge in [-0.3, -0.25) is 14.5 Å². The number of fused-ring (bicyclic) bond motifs is 1. The topological polar surface area (TPSA) is 55.8 Å². The average molecular weight is 408 g/mol. The normalized spacial score (nSPS) is 18.0. The molecule has 28 heavy (non-hydrogen) atoms. The number of rotatable bonds is 8. The largest absolute Gasteiger partial charge is 0.468 e. The molecule has 0 radical (unpaired) electrons. The summed E-state index contributed by atoms with van der Waals surface area (Å²) in [4.78, 5) is 26.7. The molecule has 154 valence electrons. The zero-order chi connectivity index (χ0) is 20.0. The highest BCUT2D eigenvalue weighted by Gasteiger charge is 2.46. The van der Waals surface area contributed by atoms with E-state index in [4.69, 9.17) is 9.47 Å². The van der Waals surface area contributed by atoms with Crippen LogP contribution in [0.1, 0.15) is 31.4 Å². The number of halogens is 1. The van der Waals surface area contributed by atoms with Gasteiger partial charge < -0.3 is 9.47 Å². The van der Waals surface area contributed by atoms with Gasteiger partial charge in [0, 0.05) is 19.5 Å². The predicted molar refractivity (Wildman–Crippen MR) is 113 cm³/mol. The maximum Gasteiger partial charge on any atom is 0.326 e. The molecular formula is C22H30ClNO4. The lowest BCUT2D eigenvalue weighted by Gasteiger charge is -2.43. The van der Waals surface area contributed by atoms with E-state index in [-0.39, 0.29) is 30.3 Å². The van der Waals surface area contributed by atoms with Gasteiger partial charge in [0.2, 0.25) is 0 Å². The van der Waals surface area contributed by atoms with Gasteiger partial charge in [0.05, 0.1) is 13.0 Å². The molecule has 5 nitrogen and oxygen atoms in total. The first kappa shape index (κ1) is 23.9. The van der Waals surface area contributed by atoms with Crippen LogP contribution in [0.3, 0.4) is 0 Å². The third-order valence-electron chi connectivity index (χ3n) is 5.03. The SMILES string of the molecule is C=CCN(CC=C)C1(C(=O)OC)CCc2cc(OC(=O)C(C)C)ccc2C1.Cl. The van der Waals surface area contributed by atoms with Crippen molar-refractivity contribution in [2.24, 2.45) is 5.92 Å². The molecule has 0 spiro atoms. The Morgan fingerprint density at radius 2 is 1.86 bits per heavy atom. The van der Waals surface area contributed by atoms with Crippen molar-refractivity contribution in [2.75, 3.05) is 20.2 Å². The second-order valence-corrected chi connectivity index (χ2v) is 7.19. The van der Waals surface area contributed by atoms with Gasteiger partial charge in [0.15, 0.2) is 0 Å². The molecule has 1 unspecified atom stereocenters. The highest BCUT2D eigenvalue weighted by molar-refractivity contribution is 5.85. The van der Waals surface area contributed by atoms with Gasteiger partial charge in [0.1, 0.15) is 11.3 Å². The van der Waals surface area contributed by atoms with Crippen LogP contribution < -0.4 is 4.74 Å². The summed E-state index contributed by atoms with van der Waals surface area (Å²) < 4.78 is 10.6. The van der Waals surface area contributed by atoms with Crippen LogP contribution >= 0.6 is 12.4 Å². The molecule has 2 rings (SSSR count). The molecular weight excluding hydrogens is 378 g/mol. The van der Waals surface area contributed by atoms with Crippen molar-refractivity contribution in [3.05, 3.63) is 54.6 Å². The Morgan fingerprint density at radius 1 is 1.21 bits per heavy atom. The minimum Gasteiger partial charge on any atom is -0.468 e. The predicted octanol–water partition coefficient (Wildman–Crippen LogP) is 3.74. The number of ether oxygens (including phenoxy) is 2. The number of aryl methyl sites for hydroxylation is 1. The van der Waals surface area contributed by atoms with Crippen molar-refractivity contribution in [1.82, 2.24) is 4.90 Å². The van der Waals surface area contributed by atoms with Gasteiger partial charge in [-0.05, 0) is 36.1 Å². The van der Waals surface area contributed by atoms with Gasteiger partial charge in [0.25, 0.3) is 0 Å². The third kappa shape index (κ3) is 5.03. The third-order valence-corrected chi connectivity index (χ3v) is 5.03. The highest BCUT2D eigenvalue weighted by Crippen LogP contribution is 2.36. The molecule has 0 aromatic heterocycles.